The highest BCUT2D eigenvalue weighted by Gasteiger charge is 2.69. The molecule has 1 aliphatic carbocycles. The summed E-state index contributed by atoms with van der Waals surface area (Å²) in [5, 5.41) is 14.6. The van der Waals surface area contributed by atoms with E-state index >= 15 is 0 Å². The van der Waals surface area contributed by atoms with Gasteiger partial charge in [0.2, 0.25) is 23.9 Å². The summed E-state index contributed by atoms with van der Waals surface area (Å²) in [6, 6.07) is -2.01. The first kappa shape index (κ1) is 32.6. The van der Waals surface area contributed by atoms with Crippen molar-refractivity contribution in [1.82, 2.24) is 10.6 Å². The number of carboxylic acid groups (broad SMARTS) is 1. The van der Waals surface area contributed by atoms with Crippen molar-refractivity contribution >= 4 is 23.8 Å². The lowest BCUT2D eigenvalue weighted by molar-refractivity contribution is -0.576. The highest BCUT2D eigenvalue weighted by molar-refractivity contribution is 5.91. The Labute approximate surface area is 247 Å². The number of carbonyl (C=O) groups excluding carboxylic acids is 3. The molecule has 238 valence electrons. The fraction of sp³-hybridized carbons (Fsp3) is 0.867. The van der Waals surface area contributed by atoms with Gasteiger partial charge in [-0.15, -0.1) is 0 Å². The van der Waals surface area contributed by atoms with Gasteiger partial charge in [-0.3, -0.25) is 14.4 Å². The van der Waals surface area contributed by atoms with E-state index in [1.807, 2.05) is 27.7 Å². The molecule has 2 bridgehead atoms. The quantitative estimate of drug-likeness (QED) is 0.239. The average molecular weight is 597 g/mol. The summed E-state index contributed by atoms with van der Waals surface area (Å²) in [7, 11) is 0. The normalized spacial score (nSPS) is 36.9. The number of aliphatic carboxylic acids is 1. The molecule has 0 aromatic heterocycles. The van der Waals surface area contributed by atoms with Crippen molar-refractivity contribution < 1.29 is 48.3 Å². The molecule has 5 fully saturated rings. The van der Waals surface area contributed by atoms with Crippen molar-refractivity contribution in [1.29, 1.82) is 0 Å². The van der Waals surface area contributed by atoms with Crippen LogP contribution < -0.4 is 10.6 Å². The molecule has 10 atom stereocenters. The Morgan fingerprint density at radius 2 is 1.69 bits per heavy atom. The predicted octanol–water partition coefficient (Wildman–Crippen LogP) is 3.27. The first-order chi connectivity index (χ1) is 19.7. The smallest absolute Gasteiger partial charge is 0.326 e. The standard InChI is InChI=1S/C30H48N2O10/c1-15(2)14-21(25(35)32-24(16(3)4)26(36)37)31-22(33)10-11-23(34)38-27-18(6)20-9-8-17(5)19-12-13-29(7)40-28(39-27)30(19,20)42-41-29/h15-21,24,27-28H,8-14H2,1-7H3,(H,31,33)(H,32,35)(H,36,37). The molecular weight excluding hydrogens is 548 g/mol. The van der Waals surface area contributed by atoms with Crippen LogP contribution in [0.3, 0.4) is 0 Å². The number of amides is 2. The molecule has 5 rings (SSSR count). The number of carboxylic acids is 1. The number of hydrogen-bond acceptors (Lipinski definition) is 9. The second kappa shape index (κ2) is 12.8. The Hall–Kier alpha value is -2.28. The van der Waals surface area contributed by atoms with Crippen molar-refractivity contribution in [3.63, 3.8) is 0 Å². The molecule has 42 heavy (non-hydrogen) atoms. The van der Waals surface area contributed by atoms with Crippen molar-refractivity contribution in [2.75, 3.05) is 0 Å². The molecular formula is C30H48N2O10. The van der Waals surface area contributed by atoms with Crippen LogP contribution in [0.2, 0.25) is 0 Å². The van der Waals surface area contributed by atoms with E-state index in [1.165, 1.54) is 0 Å². The molecule has 5 aliphatic rings. The van der Waals surface area contributed by atoms with Gasteiger partial charge in [0, 0.05) is 24.7 Å². The summed E-state index contributed by atoms with van der Waals surface area (Å²) in [5.41, 5.74) is -0.767. The number of ether oxygens (including phenoxy) is 3. The summed E-state index contributed by atoms with van der Waals surface area (Å²) in [6.07, 6.45) is 1.73. The molecule has 0 aromatic rings. The minimum Gasteiger partial charge on any atom is -0.480 e. The Morgan fingerprint density at radius 1 is 0.976 bits per heavy atom. The van der Waals surface area contributed by atoms with Crippen LogP contribution in [0.5, 0.6) is 0 Å². The summed E-state index contributed by atoms with van der Waals surface area (Å²) >= 11 is 0. The van der Waals surface area contributed by atoms with Gasteiger partial charge >= 0.3 is 11.9 Å². The minimum absolute atomic E-state index is 0.00281. The van der Waals surface area contributed by atoms with Crippen LogP contribution >= 0.6 is 0 Å². The first-order valence-electron chi connectivity index (χ1n) is 15.4. The maximum Gasteiger partial charge on any atom is 0.326 e. The van der Waals surface area contributed by atoms with Gasteiger partial charge in [-0.2, -0.15) is 0 Å². The topological polar surface area (TPSA) is 159 Å². The molecule has 4 aliphatic heterocycles. The molecule has 12 heteroatoms. The molecule has 1 saturated carbocycles. The lowest BCUT2D eigenvalue weighted by Gasteiger charge is -2.59. The number of hydrogen-bond donors (Lipinski definition) is 3. The average Bonchev–Trinajstić information content (AvgIpc) is 3.13. The summed E-state index contributed by atoms with van der Waals surface area (Å²) < 4.78 is 18.3. The molecule has 12 nitrogen and oxygen atoms in total. The molecule has 1 spiro atoms. The third kappa shape index (κ3) is 6.61. The Balaban J connectivity index is 1.35. The second-order valence-corrected chi connectivity index (χ2v) is 13.6. The third-order valence-corrected chi connectivity index (χ3v) is 9.49. The number of fused-ring (bicyclic) bond motifs is 2. The van der Waals surface area contributed by atoms with Crippen molar-refractivity contribution in [3.8, 4) is 0 Å². The number of rotatable bonds is 11. The van der Waals surface area contributed by atoms with E-state index in [2.05, 4.69) is 17.6 Å². The SMILES string of the molecule is CC(C)CC(NC(=O)CCC(=O)OC1OC2OC3(C)CCC4C(C)CCC(C1C)C24OO3)C(=O)NC(C(=O)O)C(C)C. The third-order valence-electron chi connectivity index (χ3n) is 9.49. The molecule has 2 amide bonds. The zero-order chi connectivity index (χ0) is 31.0. The molecule has 3 N–H and O–H groups in total. The van der Waals surface area contributed by atoms with E-state index in [4.69, 9.17) is 24.0 Å². The Bertz CT molecular complexity index is 1040. The van der Waals surface area contributed by atoms with Gasteiger partial charge in [-0.1, -0.05) is 41.5 Å². The lowest BCUT2D eigenvalue weighted by Crippen LogP contribution is -2.70. The maximum absolute atomic E-state index is 12.9. The Morgan fingerprint density at radius 3 is 2.33 bits per heavy atom. The zero-order valence-electron chi connectivity index (χ0n) is 25.8. The largest absolute Gasteiger partial charge is 0.480 e. The number of carbonyl (C=O) groups is 4. The fourth-order valence-electron chi connectivity index (χ4n) is 7.15. The fourth-order valence-corrected chi connectivity index (χ4v) is 7.15. The summed E-state index contributed by atoms with van der Waals surface area (Å²) in [4.78, 5) is 62.0. The van der Waals surface area contributed by atoms with Gasteiger partial charge in [0.1, 0.15) is 12.1 Å². The van der Waals surface area contributed by atoms with Crippen LogP contribution in [0.15, 0.2) is 0 Å². The van der Waals surface area contributed by atoms with Gasteiger partial charge in [0.25, 0.3) is 0 Å². The molecule has 4 heterocycles. The minimum atomic E-state index is -1.14. The van der Waals surface area contributed by atoms with Gasteiger partial charge in [-0.05, 0) is 56.3 Å². The highest BCUT2D eigenvalue weighted by Crippen LogP contribution is 2.60. The predicted molar refractivity (Wildman–Crippen MR) is 148 cm³/mol. The molecule has 4 saturated heterocycles. The van der Waals surface area contributed by atoms with E-state index in [-0.39, 0.29) is 42.4 Å². The molecule has 10 unspecified atom stereocenters. The van der Waals surface area contributed by atoms with Gasteiger partial charge < -0.3 is 30.0 Å². The van der Waals surface area contributed by atoms with E-state index in [1.54, 1.807) is 13.8 Å². The molecule has 0 radical (unpaired) electrons. The van der Waals surface area contributed by atoms with Gasteiger partial charge in [0.15, 0.2) is 11.9 Å². The van der Waals surface area contributed by atoms with Crippen LogP contribution in [-0.2, 0) is 43.2 Å². The van der Waals surface area contributed by atoms with Gasteiger partial charge in [0.05, 0.1) is 6.42 Å². The number of nitrogens with one attached hydrogen (secondary N) is 2. The lowest BCUT2D eigenvalue weighted by atomic mass is 9.58. The van der Waals surface area contributed by atoms with E-state index in [0.717, 1.165) is 19.3 Å². The van der Waals surface area contributed by atoms with E-state index < -0.39 is 59.8 Å². The Kier molecular flexibility index (Phi) is 9.91. The maximum atomic E-state index is 12.9. The van der Waals surface area contributed by atoms with Crippen molar-refractivity contribution in [2.24, 2.45) is 35.5 Å². The van der Waals surface area contributed by atoms with Crippen molar-refractivity contribution in [3.05, 3.63) is 0 Å². The number of esters is 1. The zero-order valence-corrected chi connectivity index (χ0v) is 25.8. The second-order valence-electron chi connectivity index (χ2n) is 13.6. The van der Waals surface area contributed by atoms with E-state index in [0.29, 0.717) is 18.8 Å². The van der Waals surface area contributed by atoms with Crippen molar-refractivity contribution in [2.45, 2.75) is 129 Å². The monoisotopic (exact) mass is 596 g/mol. The van der Waals surface area contributed by atoms with Crippen LogP contribution in [0.1, 0.15) is 93.4 Å². The van der Waals surface area contributed by atoms with Crippen LogP contribution in [0.25, 0.3) is 0 Å². The first-order valence-corrected chi connectivity index (χ1v) is 15.4. The summed E-state index contributed by atoms with van der Waals surface area (Å²) in [5.74, 6) is -3.63. The van der Waals surface area contributed by atoms with Crippen LogP contribution in [-0.4, -0.2) is 64.9 Å². The highest BCUT2D eigenvalue weighted by atomic mass is 17.3. The van der Waals surface area contributed by atoms with E-state index in [9.17, 15) is 24.3 Å². The van der Waals surface area contributed by atoms with Crippen LogP contribution in [0, 0.1) is 35.5 Å². The van der Waals surface area contributed by atoms with Gasteiger partial charge in [-0.25, -0.2) is 14.6 Å². The van der Waals surface area contributed by atoms with Crippen LogP contribution in [0.4, 0.5) is 0 Å². The molecule has 0 aromatic carbocycles. The summed E-state index contributed by atoms with van der Waals surface area (Å²) in [6.45, 7) is 13.2.